The number of carbonyl (C=O) groups excluding carboxylic acids is 1. The highest BCUT2D eigenvalue weighted by atomic mass is 16.3. The van der Waals surface area contributed by atoms with Gasteiger partial charge in [-0.3, -0.25) is 4.79 Å². The average Bonchev–Trinajstić information content (AvgIpc) is 2.73. The molecule has 180 valence electrons. The summed E-state index contributed by atoms with van der Waals surface area (Å²) in [5.74, 6) is 3.71. The number of carbonyl (C=O) groups is 1. The summed E-state index contributed by atoms with van der Waals surface area (Å²) < 4.78 is 0. The van der Waals surface area contributed by atoms with E-state index in [1.165, 1.54) is 38.5 Å². The number of ketones is 1. The number of hydrogen-bond acceptors (Lipinski definition) is 2. The second kappa shape index (κ2) is 6.96. The Morgan fingerprint density at radius 3 is 2.25 bits per heavy atom. The minimum Gasteiger partial charge on any atom is -0.396 e. The zero-order chi connectivity index (χ0) is 23.3. The molecule has 5 aliphatic carbocycles. The molecule has 4 fully saturated rings. The molecule has 4 saturated carbocycles. The van der Waals surface area contributed by atoms with Crippen molar-refractivity contribution in [1.82, 2.24) is 0 Å². The lowest BCUT2D eigenvalue weighted by molar-refractivity contribution is -0.173. The van der Waals surface area contributed by atoms with Crippen molar-refractivity contribution < 1.29 is 9.90 Å². The maximum atomic E-state index is 12.9. The van der Waals surface area contributed by atoms with E-state index < -0.39 is 0 Å². The quantitative estimate of drug-likeness (QED) is 0.438. The first-order chi connectivity index (χ1) is 14.9. The Bertz CT molecular complexity index is 840. The molecule has 0 heterocycles. The van der Waals surface area contributed by atoms with Gasteiger partial charge in [-0.1, -0.05) is 60.1 Å². The Morgan fingerprint density at radius 2 is 1.56 bits per heavy atom. The predicted molar refractivity (Wildman–Crippen MR) is 131 cm³/mol. The van der Waals surface area contributed by atoms with Crippen LogP contribution in [0.1, 0.15) is 106 Å². The summed E-state index contributed by atoms with van der Waals surface area (Å²) >= 11 is 0. The fourth-order valence-corrected chi connectivity index (χ4v) is 11.2. The van der Waals surface area contributed by atoms with E-state index in [1.54, 1.807) is 5.57 Å². The van der Waals surface area contributed by atoms with E-state index in [9.17, 15) is 9.90 Å². The summed E-state index contributed by atoms with van der Waals surface area (Å²) in [5, 5.41) is 10.7. The first-order valence-corrected chi connectivity index (χ1v) is 13.7. The van der Waals surface area contributed by atoms with E-state index in [4.69, 9.17) is 0 Å². The second-order valence-corrected chi connectivity index (χ2v) is 14.4. The van der Waals surface area contributed by atoms with Crippen LogP contribution in [-0.4, -0.2) is 17.5 Å². The van der Waals surface area contributed by atoms with Crippen molar-refractivity contribution in [3.05, 3.63) is 11.6 Å². The van der Waals surface area contributed by atoms with E-state index in [2.05, 4.69) is 54.5 Å². The first-order valence-electron chi connectivity index (χ1n) is 13.7. The van der Waals surface area contributed by atoms with Crippen LogP contribution in [0.3, 0.4) is 0 Å². The lowest BCUT2D eigenvalue weighted by atomic mass is 9.34. The summed E-state index contributed by atoms with van der Waals surface area (Å²) in [6.07, 6.45) is 13.0. The van der Waals surface area contributed by atoms with Gasteiger partial charge in [0.1, 0.15) is 5.78 Å². The smallest absolute Gasteiger partial charge is 0.138 e. The van der Waals surface area contributed by atoms with Crippen LogP contribution in [0.4, 0.5) is 0 Å². The van der Waals surface area contributed by atoms with Crippen molar-refractivity contribution in [2.24, 2.45) is 56.7 Å². The molecular formula is C30H48O2. The number of aliphatic hydroxyl groups excluding tert-OH is 1. The largest absolute Gasteiger partial charge is 0.396 e. The molecule has 0 aromatic heterocycles. The molecular weight excluding hydrogens is 392 g/mol. The Hall–Kier alpha value is -0.630. The van der Waals surface area contributed by atoms with Gasteiger partial charge in [-0.05, 0) is 97.2 Å². The first kappa shape index (κ1) is 23.1. The number of fused-ring (bicyclic) bond motifs is 7. The van der Waals surface area contributed by atoms with E-state index in [0.717, 1.165) is 25.2 Å². The Labute approximate surface area is 197 Å². The molecule has 32 heavy (non-hydrogen) atoms. The lowest BCUT2D eigenvalue weighted by Crippen LogP contribution is -2.63. The molecule has 0 radical (unpaired) electrons. The van der Waals surface area contributed by atoms with Crippen LogP contribution in [0.15, 0.2) is 11.6 Å². The topological polar surface area (TPSA) is 37.3 Å². The van der Waals surface area contributed by atoms with Gasteiger partial charge in [0.05, 0.1) is 0 Å². The van der Waals surface area contributed by atoms with Crippen LogP contribution in [0.25, 0.3) is 0 Å². The molecule has 5 aliphatic rings. The maximum Gasteiger partial charge on any atom is 0.138 e. The Morgan fingerprint density at radius 1 is 0.906 bits per heavy atom. The minimum atomic E-state index is -0.171. The molecule has 0 aromatic rings. The van der Waals surface area contributed by atoms with Crippen molar-refractivity contribution >= 4 is 5.78 Å². The van der Waals surface area contributed by atoms with Gasteiger partial charge >= 0.3 is 0 Å². The summed E-state index contributed by atoms with van der Waals surface area (Å²) in [7, 11) is 0. The van der Waals surface area contributed by atoms with Crippen LogP contribution in [0.5, 0.6) is 0 Å². The third kappa shape index (κ3) is 2.65. The van der Waals surface area contributed by atoms with Gasteiger partial charge in [0.15, 0.2) is 0 Å². The van der Waals surface area contributed by atoms with Gasteiger partial charge in [0.25, 0.3) is 0 Å². The molecule has 2 nitrogen and oxygen atoms in total. The van der Waals surface area contributed by atoms with Crippen LogP contribution < -0.4 is 0 Å². The molecule has 9 atom stereocenters. The predicted octanol–water partition coefficient (Wildman–Crippen LogP) is 7.21. The number of hydrogen-bond donors (Lipinski definition) is 1. The summed E-state index contributed by atoms with van der Waals surface area (Å²) in [6, 6.07) is 0. The molecule has 1 N–H and O–H groups in total. The fourth-order valence-electron chi connectivity index (χ4n) is 11.2. The van der Waals surface area contributed by atoms with Crippen LogP contribution in [-0.2, 0) is 4.79 Å². The van der Waals surface area contributed by atoms with Gasteiger partial charge in [0.2, 0.25) is 0 Å². The highest BCUT2D eigenvalue weighted by Gasteiger charge is 2.67. The molecule has 2 heteroatoms. The SMILES string of the molecule is C[C@H]1[C@H](C)CC[C@]2(CO)CC=C3[C@]4(C)CC[C@H]5C(C)(C)C(=O)CC[C@]5(C)[C@H]4CC[C@@]3(C)[C@H]12. The van der Waals surface area contributed by atoms with Gasteiger partial charge in [-0.25, -0.2) is 0 Å². The molecule has 0 aromatic carbocycles. The van der Waals surface area contributed by atoms with Gasteiger partial charge < -0.3 is 5.11 Å². The molecule has 0 aliphatic heterocycles. The van der Waals surface area contributed by atoms with Crippen molar-refractivity contribution in [2.75, 3.05) is 6.61 Å². The maximum absolute atomic E-state index is 12.9. The van der Waals surface area contributed by atoms with Crippen molar-refractivity contribution in [3.63, 3.8) is 0 Å². The van der Waals surface area contributed by atoms with E-state index in [-0.39, 0.29) is 27.1 Å². The second-order valence-electron chi connectivity index (χ2n) is 14.4. The average molecular weight is 441 g/mol. The molecule has 0 bridgehead atoms. The van der Waals surface area contributed by atoms with Crippen LogP contribution in [0, 0.1) is 56.7 Å². The fraction of sp³-hybridized carbons (Fsp3) is 0.900. The number of Topliss-reactive ketones (excluding diaryl/α,β-unsaturated/α-hetero) is 1. The van der Waals surface area contributed by atoms with Crippen molar-refractivity contribution in [1.29, 1.82) is 0 Å². The summed E-state index contributed by atoms with van der Waals surface area (Å²) in [6.45, 7) is 17.5. The summed E-state index contributed by atoms with van der Waals surface area (Å²) in [4.78, 5) is 12.9. The van der Waals surface area contributed by atoms with Crippen LogP contribution >= 0.6 is 0 Å². The molecule has 0 saturated heterocycles. The highest BCUT2D eigenvalue weighted by molar-refractivity contribution is 5.85. The number of rotatable bonds is 1. The number of allylic oxidation sites excluding steroid dienone is 2. The molecule has 5 rings (SSSR count). The third-order valence-electron chi connectivity index (χ3n) is 12.9. The Kier molecular flexibility index (Phi) is 5.03. The molecule has 0 unspecified atom stereocenters. The Balaban J connectivity index is 1.59. The number of aliphatic hydroxyl groups is 1. The normalized spacial score (nSPS) is 54.6. The molecule has 0 spiro atoms. The summed E-state index contributed by atoms with van der Waals surface area (Å²) in [5.41, 5.74) is 2.40. The zero-order valence-electron chi connectivity index (χ0n) is 21.9. The zero-order valence-corrected chi connectivity index (χ0v) is 21.9. The van der Waals surface area contributed by atoms with Crippen molar-refractivity contribution in [2.45, 2.75) is 106 Å². The molecule has 0 amide bonds. The third-order valence-corrected chi connectivity index (χ3v) is 12.9. The monoisotopic (exact) mass is 440 g/mol. The highest BCUT2D eigenvalue weighted by Crippen LogP contribution is 2.74. The lowest BCUT2D eigenvalue weighted by Gasteiger charge is -2.70. The van der Waals surface area contributed by atoms with Gasteiger partial charge in [-0.2, -0.15) is 0 Å². The van der Waals surface area contributed by atoms with E-state index in [0.29, 0.717) is 36.1 Å². The van der Waals surface area contributed by atoms with E-state index >= 15 is 0 Å². The van der Waals surface area contributed by atoms with E-state index in [1.807, 2.05) is 0 Å². The van der Waals surface area contributed by atoms with Gasteiger partial charge in [-0.15, -0.1) is 0 Å². The van der Waals surface area contributed by atoms with Crippen molar-refractivity contribution in [3.8, 4) is 0 Å². The minimum absolute atomic E-state index is 0.0910. The van der Waals surface area contributed by atoms with Gasteiger partial charge in [0, 0.05) is 23.9 Å². The standard InChI is InChI=1S/C30H48O2/c1-19-8-16-30(18-31)17-11-23-28(6)13-9-21-26(3,4)24(32)12-15-27(21,5)22(28)10-14-29(23,7)25(30)20(19)2/h11,19-22,25,31H,8-10,12-18H2,1-7H3/t19-,20+,21+,22-,25+,27+,28-,29-,30-/m1/s1. The van der Waals surface area contributed by atoms with Crippen LogP contribution in [0.2, 0.25) is 0 Å².